The second-order valence-corrected chi connectivity index (χ2v) is 7.74. The van der Waals surface area contributed by atoms with Crippen LogP contribution in [0.25, 0.3) is 11.0 Å². The highest BCUT2D eigenvalue weighted by molar-refractivity contribution is 5.87. The number of anilines is 2. The molecule has 1 atom stereocenters. The number of hydrogen-bond acceptors (Lipinski definition) is 7. The Kier molecular flexibility index (Phi) is 3.60. The second-order valence-electron chi connectivity index (χ2n) is 7.74. The fourth-order valence-electron chi connectivity index (χ4n) is 4.26. The number of nitrogens with two attached hydrogens (primary N) is 1. The molecule has 4 heterocycles. The molecule has 0 amide bonds. The highest BCUT2D eigenvalue weighted by Gasteiger charge is 2.33. The van der Waals surface area contributed by atoms with Crippen LogP contribution < -0.4 is 20.1 Å². The van der Waals surface area contributed by atoms with E-state index in [0.29, 0.717) is 12.4 Å². The summed E-state index contributed by atoms with van der Waals surface area (Å²) >= 11 is 0. The van der Waals surface area contributed by atoms with Crippen LogP contribution in [0.3, 0.4) is 0 Å². The molecule has 3 aromatic rings. The van der Waals surface area contributed by atoms with Gasteiger partial charge in [0, 0.05) is 13.1 Å². The molecule has 1 fully saturated rings. The third-order valence-corrected chi connectivity index (χ3v) is 5.46. The Balaban J connectivity index is 1.42. The summed E-state index contributed by atoms with van der Waals surface area (Å²) in [6.07, 6.45) is 5.00. The summed E-state index contributed by atoms with van der Waals surface area (Å²) < 4.78 is 11.0. The normalized spacial score (nSPS) is 21.7. The Morgan fingerprint density at radius 1 is 1.26 bits per heavy atom. The zero-order valence-electron chi connectivity index (χ0n) is 15.2. The van der Waals surface area contributed by atoms with Gasteiger partial charge in [-0.1, -0.05) is 13.0 Å². The van der Waals surface area contributed by atoms with E-state index in [4.69, 9.17) is 15.2 Å². The molecule has 2 aliphatic heterocycles. The highest BCUT2D eigenvalue weighted by atomic mass is 16.7. The lowest BCUT2D eigenvalue weighted by atomic mass is 9.77. The van der Waals surface area contributed by atoms with Crippen LogP contribution in [0, 0.1) is 5.41 Å². The number of benzene rings is 1. The monoisotopic (exact) mass is 366 g/mol. The summed E-state index contributed by atoms with van der Waals surface area (Å²) in [6.45, 7) is 4.49. The van der Waals surface area contributed by atoms with Crippen LogP contribution in [0.5, 0.6) is 11.5 Å². The van der Waals surface area contributed by atoms with Crippen molar-refractivity contribution in [3.63, 3.8) is 0 Å². The smallest absolute Gasteiger partial charge is 0.231 e. The molecule has 3 N–H and O–H groups in total. The number of aromatic amines is 1. The Bertz CT molecular complexity index is 1000. The van der Waals surface area contributed by atoms with Crippen LogP contribution >= 0.6 is 0 Å². The first-order chi connectivity index (χ1) is 13.1. The van der Waals surface area contributed by atoms with Crippen LogP contribution in [0.1, 0.15) is 25.3 Å². The standard InChI is InChI=1S/C19H22N6O2/c1-19(8-12-3-4-14-15(7-12)27-11-26-14)5-2-6-25(10-19)17-13-9-21-24-16(13)22-18(20)23-17/h3-4,7,9H,2,5-6,8,10-11H2,1H3,(H3,20,21,22,23,24)/t19-/m1/s1. The van der Waals surface area contributed by atoms with Gasteiger partial charge in [-0.15, -0.1) is 0 Å². The van der Waals surface area contributed by atoms with Crippen molar-refractivity contribution in [2.24, 2.45) is 5.41 Å². The summed E-state index contributed by atoms with van der Waals surface area (Å²) in [5, 5.41) is 7.90. The molecule has 2 aliphatic rings. The van der Waals surface area contributed by atoms with Gasteiger partial charge in [-0.3, -0.25) is 5.10 Å². The predicted molar refractivity (Wildman–Crippen MR) is 102 cm³/mol. The van der Waals surface area contributed by atoms with E-state index >= 15 is 0 Å². The Morgan fingerprint density at radius 3 is 3.07 bits per heavy atom. The van der Waals surface area contributed by atoms with Gasteiger partial charge in [-0.05, 0) is 42.4 Å². The predicted octanol–water partition coefficient (Wildman–Crippen LogP) is 2.51. The van der Waals surface area contributed by atoms with Crippen molar-refractivity contribution in [2.75, 3.05) is 30.5 Å². The average Bonchev–Trinajstić information content (AvgIpc) is 3.29. The van der Waals surface area contributed by atoms with Crippen molar-refractivity contribution in [1.82, 2.24) is 20.2 Å². The van der Waals surface area contributed by atoms with Gasteiger partial charge >= 0.3 is 0 Å². The van der Waals surface area contributed by atoms with Gasteiger partial charge in [0.2, 0.25) is 12.7 Å². The number of rotatable bonds is 3. The maximum Gasteiger partial charge on any atom is 0.231 e. The number of nitrogen functional groups attached to an aromatic ring is 1. The van der Waals surface area contributed by atoms with Crippen LogP contribution in [0.2, 0.25) is 0 Å². The molecule has 5 rings (SSSR count). The van der Waals surface area contributed by atoms with E-state index in [2.05, 4.69) is 44.1 Å². The highest BCUT2D eigenvalue weighted by Crippen LogP contribution is 2.39. The number of aromatic nitrogens is 4. The number of ether oxygens (including phenoxy) is 2. The Hall–Kier alpha value is -3.03. The van der Waals surface area contributed by atoms with E-state index in [1.165, 1.54) is 5.56 Å². The number of nitrogens with zero attached hydrogens (tertiary/aromatic N) is 4. The van der Waals surface area contributed by atoms with E-state index in [0.717, 1.165) is 55.1 Å². The van der Waals surface area contributed by atoms with Gasteiger partial charge in [0.05, 0.1) is 11.6 Å². The van der Waals surface area contributed by atoms with Crippen LogP contribution in [-0.2, 0) is 6.42 Å². The minimum absolute atomic E-state index is 0.127. The average molecular weight is 366 g/mol. The molecule has 1 saturated heterocycles. The van der Waals surface area contributed by atoms with E-state index in [-0.39, 0.29) is 11.4 Å². The third kappa shape index (κ3) is 2.90. The fraction of sp³-hybridized carbons (Fsp3) is 0.421. The third-order valence-electron chi connectivity index (χ3n) is 5.46. The van der Waals surface area contributed by atoms with Gasteiger partial charge in [-0.25, -0.2) is 0 Å². The van der Waals surface area contributed by atoms with E-state index < -0.39 is 0 Å². The lowest BCUT2D eigenvalue weighted by Gasteiger charge is -2.41. The molecular weight excluding hydrogens is 344 g/mol. The Morgan fingerprint density at radius 2 is 2.15 bits per heavy atom. The van der Waals surface area contributed by atoms with Crippen molar-refractivity contribution in [3.05, 3.63) is 30.0 Å². The first-order valence-electron chi connectivity index (χ1n) is 9.20. The van der Waals surface area contributed by atoms with Crippen LogP contribution in [0.15, 0.2) is 24.4 Å². The molecule has 27 heavy (non-hydrogen) atoms. The minimum atomic E-state index is 0.127. The number of nitrogens with one attached hydrogen (secondary N) is 1. The zero-order valence-corrected chi connectivity index (χ0v) is 15.2. The number of H-pyrrole nitrogens is 1. The van der Waals surface area contributed by atoms with Crippen molar-refractivity contribution in [3.8, 4) is 11.5 Å². The molecule has 0 radical (unpaired) electrons. The molecule has 0 spiro atoms. The zero-order chi connectivity index (χ0) is 18.4. The minimum Gasteiger partial charge on any atom is -0.454 e. The van der Waals surface area contributed by atoms with Crippen molar-refractivity contribution in [2.45, 2.75) is 26.2 Å². The van der Waals surface area contributed by atoms with Gasteiger partial charge in [0.25, 0.3) is 0 Å². The fourth-order valence-corrected chi connectivity index (χ4v) is 4.26. The molecule has 0 aliphatic carbocycles. The summed E-state index contributed by atoms with van der Waals surface area (Å²) in [5.74, 6) is 2.80. The van der Waals surface area contributed by atoms with E-state index in [1.54, 1.807) is 6.20 Å². The summed E-state index contributed by atoms with van der Waals surface area (Å²) in [6, 6.07) is 6.24. The molecule has 8 heteroatoms. The molecule has 0 saturated carbocycles. The summed E-state index contributed by atoms with van der Waals surface area (Å²) in [7, 11) is 0. The lowest BCUT2D eigenvalue weighted by Crippen LogP contribution is -2.43. The molecule has 140 valence electrons. The number of fused-ring (bicyclic) bond motifs is 2. The number of piperidine rings is 1. The first-order valence-corrected chi connectivity index (χ1v) is 9.20. The van der Waals surface area contributed by atoms with Gasteiger partial charge in [-0.2, -0.15) is 15.1 Å². The van der Waals surface area contributed by atoms with E-state index in [9.17, 15) is 0 Å². The maximum atomic E-state index is 5.91. The first kappa shape index (κ1) is 16.2. The molecule has 1 aromatic carbocycles. The topological polar surface area (TPSA) is 102 Å². The molecular formula is C19H22N6O2. The van der Waals surface area contributed by atoms with Gasteiger partial charge in [0.1, 0.15) is 5.82 Å². The van der Waals surface area contributed by atoms with Crippen molar-refractivity contribution in [1.29, 1.82) is 0 Å². The maximum absolute atomic E-state index is 5.91. The van der Waals surface area contributed by atoms with E-state index in [1.807, 2.05) is 6.07 Å². The Labute approximate surface area is 156 Å². The number of hydrogen-bond donors (Lipinski definition) is 2. The van der Waals surface area contributed by atoms with Gasteiger partial charge < -0.3 is 20.1 Å². The molecule has 0 unspecified atom stereocenters. The summed E-state index contributed by atoms with van der Waals surface area (Å²) in [4.78, 5) is 11.0. The van der Waals surface area contributed by atoms with Crippen LogP contribution in [0.4, 0.5) is 11.8 Å². The largest absolute Gasteiger partial charge is 0.454 e. The van der Waals surface area contributed by atoms with Crippen molar-refractivity contribution >= 4 is 22.8 Å². The van der Waals surface area contributed by atoms with Gasteiger partial charge in [0.15, 0.2) is 17.1 Å². The van der Waals surface area contributed by atoms with Crippen molar-refractivity contribution < 1.29 is 9.47 Å². The summed E-state index contributed by atoms with van der Waals surface area (Å²) in [5.41, 5.74) is 7.98. The molecule has 0 bridgehead atoms. The quantitative estimate of drug-likeness (QED) is 0.734. The molecule has 8 nitrogen and oxygen atoms in total. The second kappa shape index (κ2) is 6.00. The SMILES string of the molecule is C[C@]1(Cc2ccc3c(c2)OCO3)CCCN(c2nc(N)nc3[nH]ncc23)C1. The lowest BCUT2D eigenvalue weighted by molar-refractivity contribution is 0.174. The van der Waals surface area contributed by atoms with Crippen LogP contribution in [-0.4, -0.2) is 40.0 Å². The molecule has 2 aromatic heterocycles.